The van der Waals surface area contributed by atoms with Crippen LogP contribution in [0.4, 0.5) is 11.4 Å². The predicted octanol–water partition coefficient (Wildman–Crippen LogP) is 9.40. The van der Waals surface area contributed by atoms with Crippen molar-refractivity contribution in [2.45, 2.75) is 74.2 Å². The molecule has 7 rings (SSSR count). The molecule has 1 fully saturated rings. The Hall–Kier alpha value is -6.41. The van der Waals surface area contributed by atoms with Crippen molar-refractivity contribution in [3.05, 3.63) is 158 Å². The van der Waals surface area contributed by atoms with E-state index < -0.39 is 33.5 Å². The minimum absolute atomic E-state index is 0.0166. The maximum absolute atomic E-state index is 15.0. The number of rotatable bonds is 27. The van der Waals surface area contributed by atoms with Crippen molar-refractivity contribution in [2.24, 2.45) is 22.9 Å². The van der Waals surface area contributed by atoms with Crippen LogP contribution in [-0.4, -0.2) is 106 Å². The summed E-state index contributed by atoms with van der Waals surface area (Å²) in [7, 11) is 0. The zero-order valence-electron chi connectivity index (χ0n) is 40.3. The number of nitro benzene ring substituents is 2. The highest BCUT2D eigenvalue weighted by Crippen LogP contribution is 2.62. The molecule has 17 nitrogen and oxygen atoms in total. The van der Waals surface area contributed by atoms with Crippen molar-refractivity contribution in [3.63, 3.8) is 0 Å². The molecule has 6 atom stereocenters. The molecule has 2 aliphatic carbocycles. The van der Waals surface area contributed by atoms with Gasteiger partial charge in [0.05, 0.1) is 47.9 Å². The minimum atomic E-state index is -1.61. The van der Waals surface area contributed by atoms with Gasteiger partial charge in [0.25, 0.3) is 11.4 Å². The molecule has 0 aromatic heterocycles. The van der Waals surface area contributed by atoms with E-state index >= 15 is 4.79 Å². The Morgan fingerprint density at radius 1 is 0.889 bits per heavy atom. The van der Waals surface area contributed by atoms with Crippen LogP contribution in [0.5, 0.6) is 17.2 Å². The number of aliphatic hydroxyl groups excluding tert-OH is 3. The van der Waals surface area contributed by atoms with Gasteiger partial charge in [0, 0.05) is 72.9 Å². The molecular formula is C54H62N4O13S. The highest BCUT2D eigenvalue weighted by molar-refractivity contribution is 7.98. The fourth-order valence-electron chi connectivity index (χ4n) is 10.1. The van der Waals surface area contributed by atoms with Crippen molar-refractivity contribution >= 4 is 40.8 Å². The van der Waals surface area contributed by atoms with Crippen LogP contribution in [0.1, 0.15) is 67.6 Å². The fourth-order valence-corrected chi connectivity index (χ4v) is 10.5. The number of nitro groups is 2. The third-order valence-electron chi connectivity index (χ3n) is 13.4. The number of oxime groups is 1. The number of non-ortho nitro benzene ring substituents is 2. The average molecular weight is 1010 g/mol. The number of carbonyl (C=O) groups excluding carboxylic acids is 1. The molecule has 6 unspecified atom stereocenters. The van der Waals surface area contributed by atoms with Crippen molar-refractivity contribution in [2.75, 3.05) is 52.4 Å². The summed E-state index contributed by atoms with van der Waals surface area (Å²) in [5.74, 6) is -1.44. The third-order valence-corrected chi connectivity index (χ3v) is 14.1. The number of unbranched alkanes of at least 4 members (excludes halogenated alkanes) is 2. The number of amides is 1. The summed E-state index contributed by atoms with van der Waals surface area (Å²) in [6.07, 6.45) is 12.9. The zero-order valence-corrected chi connectivity index (χ0v) is 41.1. The Balaban J connectivity index is 1.42. The molecule has 3 N–H and O–H groups in total. The summed E-state index contributed by atoms with van der Waals surface area (Å²) in [5, 5.41) is 57.5. The molecule has 1 heterocycles. The lowest BCUT2D eigenvalue weighted by molar-refractivity contribution is -0.385. The number of carbonyl (C=O) groups is 1. The predicted molar refractivity (Wildman–Crippen MR) is 273 cm³/mol. The van der Waals surface area contributed by atoms with Gasteiger partial charge in [-0.3, -0.25) is 25.0 Å². The summed E-state index contributed by atoms with van der Waals surface area (Å²) in [6, 6.07) is 24.5. The van der Waals surface area contributed by atoms with E-state index in [1.807, 2.05) is 48.7 Å². The molecule has 4 aromatic rings. The second kappa shape index (κ2) is 25.8. The van der Waals surface area contributed by atoms with Crippen molar-refractivity contribution in [1.29, 1.82) is 0 Å². The van der Waals surface area contributed by atoms with Gasteiger partial charge in [-0.2, -0.15) is 0 Å². The Bertz CT molecular complexity index is 2570. The molecule has 72 heavy (non-hydrogen) atoms. The Morgan fingerprint density at radius 3 is 2.22 bits per heavy atom. The Kier molecular flexibility index (Phi) is 19.1. The second-order valence-electron chi connectivity index (χ2n) is 17.8. The molecule has 0 spiro atoms. The van der Waals surface area contributed by atoms with Crippen LogP contribution in [0.25, 0.3) is 6.08 Å². The maximum Gasteiger partial charge on any atom is 0.269 e. The summed E-state index contributed by atoms with van der Waals surface area (Å²) >= 11 is 1.63. The standard InChI is InChI=1S/C54H62N4O13S/c1-3-30-68-54-50(56(26-31-67-32-29-61)51(62)25-14-37-10-15-40(16-11-37)57(63)64)35-48(55-69-36-38-12-17-41(18-13-38)58(65)66)46-33-39(8-4-6-27-59)45(9-5-7-28-60)52(53(46)54)47-34-43(21-24-49(47)71-54)70-42-19-22-44(72-2)23-20-42/h3,10-25,33-34,39,45,50,52-53,59-61H,1,4-9,26-32,35-36H2,2H3. The topological polar surface area (TPSA) is 226 Å². The number of allylic oxidation sites excluding steroid dienone is 1. The lowest BCUT2D eigenvalue weighted by atomic mass is 9.55. The number of hydrogen-bond donors (Lipinski definition) is 3. The van der Waals surface area contributed by atoms with Crippen LogP contribution in [0, 0.1) is 38.0 Å². The van der Waals surface area contributed by atoms with Crippen LogP contribution < -0.4 is 9.47 Å². The molecular weight excluding hydrogens is 945 g/mol. The van der Waals surface area contributed by atoms with Gasteiger partial charge in [-0.05, 0) is 133 Å². The number of fused-ring (bicyclic) bond motifs is 2. The molecule has 18 heteroatoms. The summed E-state index contributed by atoms with van der Waals surface area (Å²) < 4.78 is 26.8. The van der Waals surface area contributed by atoms with Gasteiger partial charge in [-0.1, -0.05) is 30.1 Å². The van der Waals surface area contributed by atoms with E-state index in [0.29, 0.717) is 59.8 Å². The average Bonchev–Trinajstić information content (AvgIpc) is 3.39. The number of hydrogen-bond acceptors (Lipinski definition) is 15. The zero-order chi connectivity index (χ0) is 51.0. The molecule has 1 aliphatic heterocycles. The first-order valence-electron chi connectivity index (χ1n) is 24.2. The van der Waals surface area contributed by atoms with Crippen LogP contribution in [-0.2, 0) is 25.7 Å². The molecule has 1 amide bonds. The van der Waals surface area contributed by atoms with Gasteiger partial charge in [-0.25, -0.2) is 0 Å². The quantitative estimate of drug-likeness (QED) is 0.0126. The summed E-state index contributed by atoms with van der Waals surface area (Å²) in [5.41, 5.74) is 3.21. The van der Waals surface area contributed by atoms with E-state index in [2.05, 4.69) is 12.7 Å². The normalized spacial score (nSPS) is 21.5. The van der Waals surface area contributed by atoms with Gasteiger partial charge in [0.2, 0.25) is 11.7 Å². The first kappa shape index (κ1) is 53.4. The summed E-state index contributed by atoms with van der Waals surface area (Å²) in [4.78, 5) is 45.8. The largest absolute Gasteiger partial charge is 0.459 e. The van der Waals surface area contributed by atoms with Crippen LogP contribution >= 0.6 is 11.8 Å². The first-order chi connectivity index (χ1) is 35.0. The molecule has 1 saturated carbocycles. The third kappa shape index (κ3) is 12.8. The number of nitrogens with zero attached hydrogens (tertiary/aromatic N) is 4. The number of aliphatic hydroxyl groups is 3. The summed E-state index contributed by atoms with van der Waals surface area (Å²) in [6.45, 7) is 3.89. The monoisotopic (exact) mass is 1010 g/mol. The van der Waals surface area contributed by atoms with Gasteiger partial charge >= 0.3 is 0 Å². The number of thioether (sulfide) groups is 1. The van der Waals surface area contributed by atoms with E-state index in [1.165, 1.54) is 30.3 Å². The minimum Gasteiger partial charge on any atom is -0.459 e. The van der Waals surface area contributed by atoms with E-state index in [1.54, 1.807) is 53.1 Å². The van der Waals surface area contributed by atoms with Gasteiger partial charge in [0.1, 0.15) is 29.9 Å². The van der Waals surface area contributed by atoms with Crippen LogP contribution in [0.3, 0.4) is 0 Å². The SMILES string of the molecule is C=CCOC12Oc3ccc(Oc4ccc(SC)cc4)cc3C3C(CCCCO)C(CCCCO)C=C(C(=NOCc4ccc([N+](=O)[O-])cc4)CC1N(CCOCCO)C(=O)C=Cc1ccc([N+](=O)[O-])cc1)C32. The molecule has 4 aromatic carbocycles. The van der Waals surface area contributed by atoms with E-state index in [-0.39, 0.29) is 88.3 Å². The molecule has 382 valence electrons. The molecule has 0 bridgehead atoms. The van der Waals surface area contributed by atoms with Gasteiger partial charge in [0.15, 0.2) is 0 Å². The fraction of sp³-hybridized carbons (Fsp3) is 0.407. The van der Waals surface area contributed by atoms with Gasteiger partial charge < -0.3 is 44.0 Å². The van der Waals surface area contributed by atoms with E-state index in [4.69, 9.17) is 28.9 Å². The van der Waals surface area contributed by atoms with Crippen LogP contribution in [0.15, 0.2) is 131 Å². The smallest absolute Gasteiger partial charge is 0.269 e. The highest BCUT2D eigenvalue weighted by Gasteiger charge is 2.65. The van der Waals surface area contributed by atoms with E-state index in [0.717, 1.165) is 28.9 Å². The number of ether oxygens (including phenoxy) is 4. The first-order valence-corrected chi connectivity index (χ1v) is 25.4. The molecule has 0 radical (unpaired) electrons. The maximum atomic E-state index is 15.0. The van der Waals surface area contributed by atoms with Crippen molar-refractivity contribution in [1.82, 2.24) is 4.90 Å². The Morgan fingerprint density at radius 2 is 1.57 bits per heavy atom. The highest BCUT2D eigenvalue weighted by atomic mass is 32.2. The van der Waals surface area contributed by atoms with E-state index in [9.17, 15) is 35.5 Å². The lowest BCUT2D eigenvalue weighted by Gasteiger charge is -2.60. The van der Waals surface area contributed by atoms with Crippen molar-refractivity contribution in [3.8, 4) is 17.2 Å². The second-order valence-corrected chi connectivity index (χ2v) is 18.7. The molecule has 0 saturated heterocycles. The van der Waals surface area contributed by atoms with Gasteiger partial charge in [-0.15, -0.1) is 18.3 Å². The number of benzene rings is 4. The van der Waals surface area contributed by atoms with Crippen molar-refractivity contribution < 1.29 is 53.7 Å². The van der Waals surface area contributed by atoms with Crippen LogP contribution in [0.2, 0.25) is 0 Å². The molecule has 3 aliphatic rings. The lowest BCUT2D eigenvalue weighted by Crippen LogP contribution is -2.70. The Labute approximate surface area is 423 Å².